The Morgan fingerprint density at radius 2 is 1.96 bits per heavy atom. The molecule has 0 saturated carbocycles. The highest BCUT2D eigenvalue weighted by Crippen LogP contribution is 2.22. The molecule has 25 heavy (non-hydrogen) atoms. The van der Waals surface area contributed by atoms with Gasteiger partial charge in [-0.2, -0.15) is 0 Å². The number of aromatic nitrogens is 1. The Balaban J connectivity index is 1.74. The normalized spacial score (nSPS) is 14.6. The highest BCUT2D eigenvalue weighted by molar-refractivity contribution is 5.98. The van der Waals surface area contributed by atoms with E-state index in [0.29, 0.717) is 18.7 Å². The van der Waals surface area contributed by atoms with Crippen LogP contribution in [0.25, 0.3) is 0 Å². The van der Waals surface area contributed by atoms with E-state index in [1.165, 1.54) is 0 Å². The molecule has 5 nitrogen and oxygen atoms in total. The summed E-state index contributed by atoms with van der Waals surface area (Å²) in [6.07, 6.45) is 3.60. The van der Waals surface area contributed by atoms with E-state index in [2.05, 4.69) is 10.3 Å². The highest BCUT2D eigenvalue weighted by Gasteiger charge is 2.19. The lowest BCUT2D eigenvalue weighted by atomic mass is 9.95. The number of carbonyl (C=O) groups is 2. The van der Waals surface area contributed by atoms with Gasteiger partial charge in [0.2, 0.25) is 0 Å². The molecule has 0 spiro atoms. The minimum Gasteiger partial charge on any atom is -0.481 e. The van der Waals surface area contributed by atoms with Crippen LogP contribution in [0.5, 0.6) is 0 Å². The van der Waals surface area contributed by atoms with Crippen molar-refractivity contribution in [3.8, 4) is 0 Å². The highest BCUT2D eigenvalue weighted by atomic mass is 16.4. The molecule has 2 N–H and O–H groups in total. The molecule has 1 unspecified atom stereocenters. The van der Waals surface area contributed by atoms with Crippen molar-refractivity contribution in [3.63, 3.8) is 0 Å². The van der Waals surface area contributed by atoms with Crippen molar-refractivity contribution in [2.75, 3.05) is 5.32 Å². The largest absolute Gasteiger partial charge is 0.481 e. The van der Waals surface area contributed by atoms with Crippen LogP contribution in [0, 0.1) is 0 Å². The van der Waals surface area contributed by atoms with Crippen LogP contribution in [0.2, 0.25) is 0 Å². The van der Waals surface area contributed by atoms with Gasteiger partial charge in [0, 0.05) is 24.4 Å². The van der Waals surface area contributed by atoms with Crippen LogP contribution in [-0.4, -0.2) is 27.9 Å². The smallest absolute Gasteiger partial charge is 0.303 e. The number of ketones is 1. The first-order valence-corrected chi connectivity index (χ1v) is 8.67. The van der Waals surface area contributed by atoms with Gasteiger partial charge in [-0.1, -0.05) is 30.3 Å². The summed E-state index contributed by atoms with van der Waals surface area (Å²) < 4.78 is 0. The van der Waals surface area contributed by atoms with Crippen LogP contribution in [-0.2, 0) is 17.6 Å². The molecule has 0 bridgehead atoms. The van der Waals surface area contributed by atoms with Gasteiger partial charge in [0.1, 0.15) is 5.82 Å². The Bertz CT molecular complexity index is 759. The molecule has 0 radical (unpaired) electrons. The number of carboxylic acids is 1. The van der Waals surface area contributed by atoms with Crippen molar-refractivity contribution in [1.29, 1.82) is 0 Å². The van der Waals surface area contributed by atoms with Crippen LogP contribution >= 0.6 is 0 Å². The summed E-state index contributed by atoms with van der Waals surface area (Å²) in [5.74, 6) is 0.0654. The summed E-state index contributed by atoms with van der Waals surface area (Å²) in [5, 5.41) is 12.4. The van der Waals surface area contributed by atoms with Gasteiger partial charge < -0.3 is 10.4 Å². The second kappa shape index (κ2) is 7.92. The summed E-state index contributed by atoms with van der Waals surface area (Å²) in [6, 6.07) is 13.6. The quantitative estimate of drug-likeness (QED) is 0.808. The number of carboxylic acid groups (broad SMARTS) is 1. The number of fused-ring (bicyclic) bond motifs is 1. The molecule has 1 aliphatic carbocycles. The van der Waals surface area contributed by atoms with Crippen LogP contribution < -0.4 is 5.32 Å². The van der Waals surface area contributed by atoms with Crippen LogP contribution in [0.3, 0.4) is 0 Å². The van der Waals surface area contributed by atoms with Crippen LogP contribution in [0.1, 0.15) is 47.3 Å². The molecule has 0 saturated heterocycles. The Morgan fingerprint density at radius 1 is 1.16 bits per heavy atom. The lowest BCUT2D eigenvalue weighted by Gasteiger charge is -2.21. The Hall–Kier alpha value is -2.69. The molecule has 0 fully saturated rings. The average molecular weight is 338 g/mol. The van der Waals surface area contributed by atoms with Gasteiger partial charge in [-0.05, 0) is 43.4 Å². The molecule has 130 valence electrons. The summed E-state index contributed by atoms with van der Waals surface area (Å²) in [7, 11) is 0. The van der Waals surface area contributed by atoms with Crippen LogP contribution in [0.4, 0.5) is 5.82 Å². The predicted octanol–water partition coefficient (Wildman–Crippen LogP) is 3.49. The first-order valence-electron chi connectivity index (χ1n) is 8.67. The van der Waals surface area contributed by atoms with E-state index in [4.69, 9.17) is 5.11 Å². The van der Waals surface area contributed by atoms with Crippen molar-refractivity contribution in [3.05, 3.63) is 59.3 Å². The summed E-state index contributed by atoms with van der Waals surface area (Å²) >= 11 is 0. The van der Waals surface area contributed by atoms with Gasteiger partial charge in [0.25, 0.3) is 0 Å². The standard InChI is InChI=1S/C20H22N2O3/c23-18-8-4-7-17-16(18)10-11-19(22-17)21-15(9-12-20(24)25)13-14-5-2-1-3-6-14/h1-3,5-6,10-11,15H,4,7-9,12-13H2,(H,21,22)(H,24,25). The molecule has 1 aromatic heterocycles. The van der Waals surface area contributed by atoms with Gasteiger partial charge in [0.15, 0.2) is 5.78 Å². The van der Waals surface area contributed by atoms with E-state index in [0.717, 1.165) is 36.1 Å². The predicted molar refractivity (Wildman–Crippen MR) is 95.9 cm³/mol. The zero-order chi connectivity index (χ0) is 17.6. The van der Waals surface area contributed by atoms with Crippen molar-refractivity contribution >= 4 is 17.6 Å². The fraction of sp³-hybridized carbons (Fsp3) is 0.350. The second-order valence-corrected chi connectivity index (χ2v) is 6.43. The number of pyridine rings is 1. The Kier molecular flexibility index (Phi) is 5.43. The van der Waals surface area contributed by atoms with Gasteiger partial charge >= 0.3 is 5.97 Å². The number of carbonyl (C=O) groups excluding carboxylic acids is 1. The van der Waals surface area contributed by atoms with E-state index < -0.39 is 5.97 Å². The third-order valence-corrected chi connectivity index (χ3v) is 4.48. The topological polar surface area (TPSA) is 79.3 Å². The number of hydrogen-bond donors (Lipinski definition) is 2. The maximum absolute atomic E-state index is 11.9. The molecule has 0 amide bonds. The molecule has 0 aliphatic heterocycles. The minimum atomic E-state index is -0.802. The number of Topliss-reactive ketones (excluding diaryl/α,β-unsaturated/α-hetero) is 1. The third-order valence-electron chi connectivity index (χ3n) is 4.48. The number of hydrogen-bond acceptors (Lipinski definition) is 4. The van der Waals surface area contributed by atoms with Crippen molar-refractivity contribution in [2.24, 2.45) is 0 Å². The SMILES string of the molecule is O=C(O)CCC(Cc1ccccc1)Nc1ccc2c(n1)CCCC2=O. The van der Waals surface area contributed by atoms with Crippen LogP contribution in [0.15, 0.2) is 42.5 Å². The van der Waals surface area contributed by atoms with E-state index in [1.54, 1.807) is 0 Å². The van der Waals surface area contributed by atoms with Gasteiger partial charge in [-0.3, -0.25) is 9.59 Å². The average Bonchev–Trinajstić information content (AvgIpc) is 2.61. The zero-order valence-corrected chi connectivity index (χ0v) is 14.1. The number of aryl methyl sites for hydroxylation is 1. The monoisotopic (exact) mass is 338 g/mol. The summed E-state index contributed by atoms with van der Waals surface area (Å²) in [4.78, 5) is 27.5. The fourth-order valence-corrected chi connectivity index (χ4v) is 3.21. The maximum atomic E-state index is 11.9. The van der Waals surface area contributed by atoms with Gasteiger partial charge in [-0.15, -0.1) is 0 Å². The first kappa shape index (κ1) is 17.1. The molecule has 5 heteroatoms. The molecule has 1 heterocycles. The molecule has 1 aliphatic rings. The molecule has 3 rings (SSSR count). The Labute approximate surface area is 147 Å². The molecular weight excluding hydrogens is 316 g/mol. The number of benzene rings is 1. The lowest BCUT2D eigenvalue weighted by Crippen LogP contribution is -2.25. The molecule has 1 atom stereocenters. The number of nitrogens with zero attached hydrogens (tertiary/aromatic N) is 1. The molecular formula is C20H22N2O3. The summed E-state index contributed by atoms with van der Waals surface area (Å²) in [5.41, 5.74) is 2.72. The third kappa shape index (κ3) is 4.66. The zero-order valence-electron chi connectivity index (χ0n) is 14.1. The van der Waals surface area contributed by atoms with E-state index in [9.17, 15) is 9.59 Å². The van der Waals surface area contributed by atoms with E-state index >= 15 is 0 Å². The number of anilines is 1. The second-order valence-electron chi connectivity index (χ2n) is 6.43. The Morgan fingerprint density at radius 3 is 2.72 bits per heavy atom. The van der Waals surface area contributed by atoms with Crippen molar-refractivity contribution < 1.29 is 14.7 Å². The van der Waals surface area contributed by atoms with Gasteiger partial charge in [0.05, 0.1) is 5.69 Å². The van der Waals surface area contributed by atoms with Crippen molar-refractivity contribution in [2.45, 2.75) is 44.6 Å². The summed E-state index contributed by atoms with van der Waals surface area (Å²) in [6.45, 7) is 0. The number of aliphatic carboxylic acids is 1. The molecule has 2 aromatic rings. The maximum Gasteiger partial charge on any atom is 0.303 e. The van der Waals surface area contributed by atoms with Crippen molar-refractivity contribution in [1.82, 2.24) is 4.98 Å². The lowest BCUT2D eigenvalue weighted by molar-refractivity contribution is -0.137. The van der Waals surface area contributed by atoms with E-state index in [1.807, 2.05) is 42.5 Å². The first-order chi connectivity index (χ1) is 12.1. The number of rotatable bonds is 7. The van der Waals surface area contributed by atoms with Gasteiger partial charge in [-0.25, -0.2) is 4.98 Å². The van der Waals surface area contributed by atoms with E-state index in [-0.39, 0.29) is 18.2 Å². The minimum absolute atomic E-state index is 0.0247. The fourth-order valence-electron chi connectivity index (χ4n) is 3.21. The number of nitrogens with one attached hydrogen (secondary N) is 1. The molecule has 1 aromatic carbocycles.